The van der Waals surface area contributed by atoms with E-state index in [0.29, 0.717) is 37.9 Å². The number of Topliss-reactive ketones (excluding diaryl/α,β-unsaturated/α-hetero) is 1. The number of benzene rings is 3. The van der Waals surface area contributed by atoms with Crippen LogP contribution < -0.4 is 9.46 Å². The van der Waals surface area contributed by atoms with Crippen molar-refractivity contribution in [3.8, 4) is 17.0 Å². The summed E-state index contributed by atoms with van der Waals surface area (Å²) in [6.07, 6.45) is 9.99. The number of rotatable bonds is 8. The molecule has 55 heavy (non-hydrogen) atoms. The highest BCUT2D eigenvalue weighted by Gasteiger charge is 2.61. The predicted molar refractivity (Wildman–Crippen MR) is 213 cm³/mol. The number of carbonyl (C=O) groups is 3. The van der Waals surface area contributed by atoms with Gasteiger partial charge < -0.3 is 9.64 Å². The second-order valence-electron chi connectivity index (χ2n) is 16.1. The van der Waals surface area contributed by atoms with Gasteiger partial charge in [0.25, 0.3) is 0 Å². The molecule has 3 aromatic carbocycles. The fraction of sp³-hybridized carbons (Fsp3) is 0.422. The summed E-state index contributed by atoms with van der Waals surface area (Å²) in [4.78, 5) is 50.0. The van der Waals surface area contributed by atoms with Crippen molar-refractivity contribution >= 4 is 38.5 Å². The average molecular weight is 760 g/mol. The van der Waals surface area contributed by atoms with Gasteiger partial charge in [0.2, 0.25) is 21.8 Å². The summed E-state index contributed by atoms with van der Waals surface area (Å²) >= 11 is 0. The van der Waals surface area contributed by atoms with Crippen LogP contribution >= 0.6 is 0 Å². The van der Waals surface area contributed by atoms with Gasteiger partial charge in [-0.2, -0.15) is 0 Å². The lowest BCUT2D eigenvalue weighted by Crippen LogP contribution is -2.46. The smallest absolute Gasteiger partial charge is 0.240 e. The summed E-state index contributed by atoms with van der Waals surface area (Å²) in [6.45, 7) is 2.24. The molecule has 0 spiro atoms. The highest BCUT2D eigenvalue weighted by atomic mass is 32.2. The zero-order valence-corrected chi connectivity index (χ0v) is 32.2. The maximum Gasteiger partial charge on any atom is 0.240 e. The number of ether oxygens (including phenoxy) is 1. The van der Waals surface area contributed by atoms with E-state index in [1.165, 1.54) is 0 Å². The number of nitrogens with one attached hydrogen (secondary N) is 1. The number of aryl methyl sites for hydroxylation is 1. The molecule has 1 aromatic heterocycles. The molecule has 2 aliphatic carbocycles. The third kappa shape index (κ3) is 8.11. The van der Waals surface area contributed by atoms with Crippen LogP contribution in [0.25, 0.3) is 22.2 Å². The van der Waals surface area contributed by atoms with Gasteiger partial charge in [0.1, 0.15) is 11.9 Å². The lowest BCUT2D eigenvalue weighted by molar-refractivity contribution is -0.142. The van der Waals surface area contributed by atoms with Crippen LogP contribution in [-0.2, 0) is 30.8 Å². The van der Waals surface area contributed by atoms with Crippen molar-refractivity contribution in [1.29, 1.82) is 0 Å². The molecule has 1 N–H and O–H groups in total. The topological polar surface area (TPSA) is 123 Å². The van der Waals surface area contributed by atoms with Crippen LogP contribution in [0.2, 0.25) is 0 Å². The molecule has 2 amide bonds. The van der Waals surface area contributed by atoms with Gasteiger partial charge in [-0.1, -0.05) is 91.7 Å². The molecule has 1 saturated heterocycles. The van der Waals surface area contributed by atoms with Gasteiger partial charge in [-0.3, -0.25) is 19.1 Å². The van der Waals surface area contributed by atoms with E-state index in [0.717, 1.165) is 59.0 Å². The van der Waals surface area contributed by atoms with Gasteiger partial charge in [0.15, 0.2) is 5.78 Å². The van der Waals surface area contributed by atoms with E-state index < -0.39 is 38.7 Å². The third-order valence-corrected chi connectivity index (χ3v) is 13.8. The van der Waals surface area contributed by atoms with E-state index in [1.54, 1.807) is 4.90 Å². The molecule has 2 aliphatic heterocycles. The molecule has 4 aromatic rings. The summed E-state index contributed by atoms with van der Waals surface area (Å²) in [5, 5.41) is 0.283. The van der Waals surface area contributed by atoms with Gasteiger partial charge in [-0.05, 0) is 81.0 Å². The van der Waals surface area contributed by atoms with E-state index in [4.69, 9.17) is 9.72 Å². The second-order valence-corrected chi connectivity index (χ2v) is 18.1. The van der Waals surface area contributed by atoms with Crippen LogP contribution in [-0.4, -0.2) is 59.8 Å². The molecule has 8 rings (SSSR count). The van der Waals surface area contributed by atoms with Gasteiger partial charge in [-0.15, -0.1) is 0 Å². The second kappa shape index (κ2) is 15.4. The highest BCUT2D eigenvalue weighted by molar-refractivity contribution is 7.90. The number of hydrogen-bond donors (Lipinski definition) is 1. The van der Waals surface area contributed by atoms with Crippen molar-refractivity contribution in [3.63, 3.8) is 0 Å². The minimum atomic E-state index is -3.81. The monoisotopic (exact) mass is 759 g/mol. The lowest BCUT2D eigenvalue weighted by atomic mass is 9.90. The Bertz CT molecular complexity index is 2220. The van der Waals surface area contributed by atoms with Crippen molar-refractivity contribution in [3.05, 3.63) is 108 Å². The fourth-order valence-corrected chi connectivity index (χ4v) is 9.94. The lowest BCUT2D eigenvalue weighted by Gasteiger charge is -2.29. The molecule has 9 nitrogen and oxygen atoms in total. The van der Waals surface area contributed by atoms with Gasteiger partial charge >= 0.3 is 0 Å². The number of allylic oxidation sites excluding steroid dienone is 2. The van der Waals surface area contributed by atoms with Crippen molar-refractivity contribution in [2.75, 3.05) is 6.54 Å². The molecule has 3 heterocycles. The Morgan fingerprint density at radius 2 is 1.71 bits per heavy atom. The number of hydrogen-bond acceptors (Lipinski definition) is 7. The van der Waals surface area contributed by atoms with Crippen LogP contribution in [0.3, 0.4) is 0 Å². The number of carbonyl (C=O) groups excluding carboxylic acids is 3. The van der Waals surface area contributed by atoms with E-state index in [2.05, 4.69) is 10.8 Å². The SMILES string of the molecule is Cc1ccc2c(O[C@@H]3C[C@H]4C(=O)C[C@]5(C(=O)NS(=O)(=O)C6CC6)C[C@@H]5/C=C\CCCCC[C@H](Cc5ccccc5)C(=O)N4C3)cc(-c3ccccc3)nc2c1. The number of sulfonamides is 1. The standard InChI is InChI=1S/C45H49N3O6S/c1-30-19-22-37-39(23-30)46-38(32-15-10-6-11-16-32)26-42(37)54-35-25-40-41(49)28-45(44(51)47-55(52,53)36-20-21-36)27-34(45)18-12-4-2-3-9-17-33(43(50)48(40)29-35)24-31-13-7-5-8-14-31/h5-8,10-16,18-19,22-23,26,33-36,40H,2-4,9,17,20-21,24-25,27-29H2,1H3,(H,47,51)/b18-12-/t33-,34+,35-,40+,45-/m1/s1. The molecule has 10 heteroatoms. The Balaban J connectivity index is 1.13. The molecule has 286 valence electrons. The van der Waals surface area contributed by atoms with Crippen molar-refractivity contribution in [2.45, 2.75) is 94.9 Å². The summed E-state index contributed by atoms with van der Waals surface area (Å²) < 4.78 is 35.1. The normalized spacial score (nSPS) is 26.7. The number of nitrogens with zero attached hydrogens (tertiary/aromatic N) is 2. The largest absolute Gasteiger partial charge is 0.488 e. The first-order valence-corrected chi connectivity index (χ1v) is 21.4. The summed E-state index contributed by atoms with van der Waals surface area (Å²) in [5.74, 6) is -0.870. The maximum atomic E-state index is 14.8. The van der Waals surface area contributed by atoms with Gasteiger partial charge in [0.05, 0.1) is 34.5 Å². The van der Waals surface area contributed by atoms with Crippen LogP contribution in [0.4, 0.5) is 0 Å². The Kier molecular flexibility index (Phi) is 10.4. The fourth-order valence-electron chi connectivity index (χ4n) is 8.56. The van der Waals surface area contributed by atoms with Crippen LogP contribution in [0.1, 0.15) is 75.3 Å². The Morgan fingerprint density at radius 1 is 0.945 bits per heavy atom. The summed E-state index contributed by atoms with van der Waals surface area (Å²) in [6, 6.07) is 27.1. The zero-order valence-electron chi connectivity index (χ0n) is 31.4. The molecule has 4 aliphatic rings. The first-order valence-electron chi connectivity index (χ1n) is 19.8. The predicted octanol–water partition coefficient (Wildman–Crippen LogP) is 7.51. The highest BCUT2D eigenvalue weighted by Crippen LogP contribution is 2.57. The number of fused-ring (bicyclic) bond motifs is 3. The van der Waals surface area contributed by atoms with Crippen LogP contribution in [0.5, 0.6) is 5.75 Å². The molecular formula is C45H49N3O6S. The van der Waals surface area contributed by atoms with E-state index in [1.807, 2.05) is 97.9 Å². The number of pyridine rings is 1. The molecule has 3 fully saturated rings. The quantitative estimate of drug-likeness (QED) is 0.185. The van der Waals surface area contributed by atoms with E-state index in [-0.39, 0.29) is 42.9 Å². The van der Waals surface area contributed by atoms with Crippen LogP contribution in [0, 0.1) is 24.2 Å². The molecular weight excluding hydrogens is 711 g/mol. The average Bonchev–Trinajstić information content (AvgIpc) is 4.11. The minimum absolute atomic E-state index is 0.0800. The van der Waals surface area contributed by atoms with Crippen LogP contribution in [0.15, 0.2) is 97.1 Å². The first-order chi connectivity index (χ1) is 26.6. The van der Waals surface area contributed by atoms with E-state index >= 15 is 0 Å². The Morgan fingerprint density at radius 3 is 2.47 bits per heavy atom. The third-order valence-electron chi connectivity index (χ3n) is 11.9. The zero-order chi connectivity index (χ0) is 38.2. The van der Waals surface area contributed by atoms with Gasteiger partial charge in [-0.25, -0.2) is 13.4 Å². The van der Waals surface area contributed by atoms with Gasteiger partial charge in [0, 0.05) is 35.8 Å². The van der Waals surface area contributed by atoms with Crippen molar-refractivity contribution in [2.24, 2.45) is 17.3 Å². The first kappa shape index (κ1) is 37.1. The molecule has 0 radical (unpaired) electrons. The van der Waals surface area contributed by atoms with Crippen molar-refractivity contribution in [1.82, 2.24) is 14.6 Å². The molecule has 2 saturated carbocycles. The molecule has 5 atom stereocenters. The maximum absolute atomic E-state index is 14.8. The Labute approximate surface area is 323 Å². The summed E-state index contributed by atoms with van der Waals surface area (Å²) in [5.41, 5.74) is 3.47. The van der Waals surface area contributed by atoms with Crippen molar-refractivity contribution < 1.29 is 27.5 Å². The van der Waals surface area contributed by atoms with E-state index in [9.17, 15) is 22.8 Å². The molecule has 0 unspecified atom stereocenters. The Hall–Kier alpha value is -4.83. The number of amides is 2. The number of aromatic nitrogens is 1. The summed E-state index contributed by atoms with van der Waals surface area (Å²) in [7, 11) is -3.81. The minimum Gasteiger partial charge on any atom is -0.488 e. The number of ketones is 1. The molecule has 0 bridgehead atoms.